The van der Waals surface area contributed by atoms with Crippen molar-refractivity contribution in [2.75, 3.05) is 26.3 Å². The second-order valence-electron chi connectivity index (χ2n) is 1.87. The molecule has 0 bridgehead atoms. The Balaban J connectivity index is 0.000000810. The molecule has 52 valence electrons. The van der Waals surface area contributed by atoms with Gasteiger partial charge in [0.25, 0.3) is 0 Å². The van der Waals surface area contributed by atoms with Crippen LogP contribution >= 0.6 is 12.2 Å². The molecule has 0 aliphatic carbocycles. The second kappa shape index (κ2) is 5.69. The van der Waals surface area contributed by atoms with E-state index in [-0.39, 0.29) is 29.6 Å². The molecule has 0 spiro atoms. The molecule has 1 aliphatic heterocycles. The second-order valence-corrected chi connectivity index (χ2v) is 2.90. The predicted octanol–water partition coefficient (Wildman–Crippen LogP) is -2.85. The van der Waals surface area contributed by atoms with Crippen LogP contribution in [0.3, 0.4) is 0 Å². The van der Waals surface area contributed by atoms with Crippen molar-refractivity contribution in [1.82, 2.24) is 4.90 Å². The van der Waals surface area contributed by atoms with Gasteiger partial charge in [-0.05, 0) is 0 Å². The average Bonchev–Trinajstić information content (AvgIpc) is 1.90. The topological polar surface area (TPSA) is 12.5 Å². The van der Waals surface area contributed by atoms with E-state index in [1.54, 1.807) is 0 Å². The van der Waals surface area contributed by atoms with Gasteiger partial charge in [0.05, 0.1) is 13.2 Å². The molecule has 0 aromatic rings. The van der Waals surface area contributed by atoms with Crippen LogP contribution in [0, 0.1) is 0 Å². The minimum atomic E-state index is 0. The van der Waals surface area contributed by atoms with E-state index < -0.39 is 0 Å². The summed E-state index contributed by atoms with van der Waals surface area (Å²) in [7, 11) is 0. The van der Waals surface area contributed by atoms with Crippen LogP contribution < -0.4 is 29.6 Å². The molecule has 1 rings (SSSR count). The molecule has 0 aromatic carbocycles. The Labute approximate surface area is 94.0 Å². The first-order chi connectivity index (χ1) is 4.30. The molecule has 0 atom stereocenters. The first kappa shape index (κ1) is 11.1. The molecule has 0 saturated carbocycles. The van der Waals surface area contributed by atoms with Crippen LogP contribution in [0.25, 0.3) is 0 Å². The Morgan fingerprint density at radius 2 is 1.90 bits per heavy atom. The summed E-state index contributed by atoms with van der Waals surface area (Å²) in [4.78, 5) is 1.98. The molecule has 1 heterocycles. The molecule has 0 amide bonds. The Bertz CT molecular complexity index is 116. The third-order valence-corrected chi connectivity index (χ3v) is 1.79. The standard InChI is InChI=1S/C5H9NOS2.Na/c8-5(9)6-1-3-7-4-2-6;/h1-4H2,(H,8,9);/q;+1/p-1. The first-order valence-corrected chi connectivity index (χ1v) is 3.66. The maximum Gasteiger partial charge on any atom is 1.00 e. The average molecular weight is 185 g/mol. The third-order valence-electron chi connectivity index (χ3n) is 1.27. The maximum absolute atomic E-state index is 5.10. The number of ether oxygens (including phenoxy) is 1. The Hall–Kier alpha value is 1.07. The molecule has 0 N–H and O–H groups in total. The van der Waals surface area contributed by atoms with Crippen molar-refractivity contribution in [3.63, 3.8) is 0 Å². The zero-order valence-electron chi connectivity index (χ0n) is 6.00. The minimum Gasteiger partial charge on any atom is -0.411 e. The van der Waals surface area contributed by atoms with Gasteiger partial charge < -0.3 is 34.5 Å². The Morgan fingerprint density at radius 1 is 1.40 bits per heavy atom. The van der Waals surface area contributed by atoms with E-state index in [4.69, 9.17) is 29.6 Å². The van der Waals surface area contributed by atoms with Crippen LogP contribution in [-0.4, -0.2) is 35.5 Å². The summed E-state index contributed by atoms with van der Waals surface area (Å²) in [5, 5.41) is 0. The van der Waals surface area contributed by atoms with Crippen LogP contribution in [0.1, 0.15) is 0 Å². The van der Waals surface area contributed by atoms with Crippen LogP contribution in [0.4, 0.5) is 0 Å². The fraction of sp³-hybridized carbons (Fsp3) is 0.800. The van der Waals surface area contributed by atoms with Gasteiger partial charge in [0.2, 0.25) is 0 Å². The summed E-state index contributed by atoms with van der Waals surface area (Å²) < 4.78 is 5.67. The van der Waals surface area contributed by atoms with Crippen molar-refractivity contribution in [3.8, 4) is 0 Å². The van der Waals surface area contributed by atoms with Crippen molar-refractivity contribution in [3.05, 3.63) is 0 Å². The molecular weight excluding hydrogens is 177 g/mol. The first-order valence-electron chi connectivity index (χ1n) is 2.84. The van der Waals surface area contributed by atoms with Gasteiger partial charge in [-0.15, -0.1) is 0 Å². The fourth-order valence-electron chi connectivity index (χ4n) is 0.746. The van der Waals surface area contributed by atoms with E-state index in [0.717, 1.165) is 26.3 Å². The van der Waals surface area contributed by atoms with Crippen molar-refractivity contribution in [1.29, 1.82) is 0 Å². The van der Waals surface area contributed by atoms with Crippen LogP contribution in [-0.2, 0) is 17.4 Å². The molecule has 0 aromatic heterocycles. The SMILES string of the molecule is S=C([S-])N1CCOCC1.[Na+]. The molecule has 0 unspecified atom stereocenters. The zero-order valence-corrected chi connectivity index (χ0v) is 9.63. The summed E-state index contributed by atoms with van der Waals surface area (Å²) in [5.41, 5.74) is 0. The van der Waals surface area contributed by atoms with Crippen LogP contribution in [0.15, 0.2) is 0 Å². The number of rotatable bonds is 0. The summed E-state index contributed by atoms with van der Waals surface area (Å²) >= 11 is 9.60. The van der Waals surface area contributed by atoms with Crippen molar-refractivity contribution < 1.29 is 34.3 Å². The molecule has 0 radical (unpaired) electrons. The Morgan fingerprint density at radius 3 is 2.20 bits per heavy atom. The van der Waals surface area contributed by atoms with Gasteiger partial charge in [-0.2, -0.15) is 0 Å². The third kappa shape index (κ3) is 3.46. The molecule has 1 aliphatic rings. The normalized spacial score (nSPS) is 17.8. The van der Waals surface area contributed by atoms with E-state index in [0.29, 0.717) is 4.32 Å². The van der Waals surface area contributed by atoms with E-state index in [9.17, 15) is 0 Å². The van der Waals surface area contributed by atoms with E-state index in [1.165, 1.54) is 0 Å². The van der Waals surface area contributed by atoms with Crippen LogP contribution in [0.5, 0.6) is 0 Å². The summed E-state index contributed by atoms with van der Waals surface area (Å²) in [6.07, 6.45) is 0. The summed E-state index contributed by atoms with van der Waals surface area (Å²) in [6.45, 7) is 3.25. The monoisotopic (exact) mass is 185 g/mol. The van der Waals surface area contributed by atoms with E-state index in [1.807, 2.05) is 4.90 Å². The summed E-state index contributed by atoms with van der Waals surface area (Å²) in [5.74, 6) is 0. The largest absolute Gasteiger partial charge is 1.00 e. The van der Waals surface area contributed by atoms with Crippen molar-refractivity contribution in [2.45, 2.75) is 0 Å². The van der Waals surface area contributed by atoms with Gasteiger partial charge in [0, 0.05) is 13.1 Å². The molecule has 5 heteroatoms. The molecule has 2 nitrogen and oxygen atoms in total. The van der Waals surface area contributed by atoms with Gasteiger partial charge in [-0.3, -0.25) is 0 Å². The molecule has 1 fully saturated rings. The molecule has 10 heavy (non-hydrogen) atoms. The quantitative estimate of drug-likeness (QED) is 0.229. The number of morpholine rings is 1. The van der Waals surface area contributed by atoms with Gasteiger partial charge in [0.15, 0.2) is 0 Å². The van der Waals surface area contributed by atoms with Crippen molar-refractivity contribution in [2.24, 2.45) is 0 Å². The molecule has 1 saturated heterocycles. The van der Waals surface area contributed by atoms with E-state index >= 15 is 0 Å². The number of nitrogens with zero attached hydrogens (tertiary/aromatic N) is 1. The van der Waals surface area contributed by atoms with Gasteiger partial charge in [-0.25, -0.2) is 0 Å². The van der Waals surface area contributed by atoms with Gasteiger partial charge >= 0.3 is 29.6 Å². The molecular formula is C5H8NNaOS2. The summed E-state index contributed by atoms with van der Waals surface area (Å²) in [6, 6.07) is 0. The predicted molar refractivity (Wildman–Crippen MR) is 42.4 cm³/mol. The minimum absolute atomic E-state index is 0. The van der Waals surface area contributed by atoms with E-state index in [2.05, 4.69) is 0 Å². The van der Waals surface area contributed by atoms with Crippen molar-refractivity contribution >= 4 is 29.2 Å². The Kier molecular flexibility index (Phi) is 6.29. The smallest absolute Gasteiger partial charge is 0.411 e. The number of hydrogen-bond donors (Lipinski definition) is 0. The maximum atomic E-state index is 5.10. The van der Waals surface area contributed by atoms with Crippen LogP contribution in [0.2, 0.25) is 0 Å². The zero-order chi connectivity index (χ0) is 6.69. The fourth-order valence-corrected chi connectivity index (χ4v) is 1.11. The number of hydrogen-bond acceptors (Lipinski definition) is 3. The number of thiocarbonyl (C=S) groups is 1. The van der Waals surface area contributed by atoms with Gasteiger partial charge in [-0.1, -0.05) is 4.32 Å². The van der Waals surface area contributed by atoms with Gasteiger partial charge in [0.1, 0.15) is 0 Å².